The molecule has 6 heteroatoms. The third kappa shape index (κ3) is 22.9. The van der Waals surface area contributed by atoms with Gasteiger partial charge in [0.2, 0.25) is 0 Å². The SMILES string of the molecule is O=C(O)CCCCC(=O)O.OCC=CCO. The van der Waals surface area contributed by atoms with Crippen molar-refractivity contribution in [3.63, 3.8) is 0 Å². The third-order valence-corrected chi connectivity index (χ3v) is 1.41. The van der Waals surface area contributed by atoms with Crippen molar-refractivity contribution in [2.45, 2.75) is 25.7 Å². The van der Waals surface area contributed by atoms with E-state index in [1.807, 2.05) is 0 Å². The Labute approximate surface area is 93.8 Å². The van der Waals surface area contributed by atoms with Crippen molar-refractivity contribution >= 4 is 11.9 Å². The topological polar surface area (TPSA) is 115 Å². The van der Waals surface area contributed by atoms with Crippen molar-refractivity contribution in [1.82, 2.24) is 0 Å². The lowest BCUT2D eigenvalue weighted by molar-refractivity contribution is -0.139. The zero-order valence-electron chi connectivity index (χ0n) is 9.00. The van der Waals surface area contributed by atoms with Crippen molar-refractivity contribution in [1.29, 1.82) is 0 Å². The smallest absolute Gasteiger partial charge is 0.303 e. The largest absolute Gasteiger partial charge is 0.481 e. The van der Waals surface area contributed by atoms with Gasteiger partial charge in [0.25, 0.3) is 0 Å². The van der Waals surface area contributed by atoms with Crippen LogP contribution in [0.15, 0.2) is 12.2 Å². The molecule has 16 heavy (non-hydrogen) atoms. The molecule has 0 unspecified atom stereocenters. The number of unbranched alkanes of at least 4 members (excludes halogenated alkanes) is 1. The number of carbonyl (C=O) groups is 2. The molecule has 0 atom stereocenters. The zero-order valence-corrected chi connectivity index (χ0v) is 9.00. The summed E-state index contributed by atoms with van der Waals surface area (Å²) in [4.78, 5) is 19.8. The fourth-order valence-electron chi connectivity index (χ4n) is 0.702. The Kier molecular flexibility index (Phi) is 14.5. The Morgan fingerprint density at radius 2 is 1.12 bits per heavy atom. The Hall–Kier alpha value is -1.40. The highest BCUT2D eigenvalue weighted by atomic mass is 16.4. The highest BCUT2D eigenvalue weighted by molar-refractivity contribution is 5.67. The van der Waals surface area contributed by atoms with Crippen LogP contribution < -0.4 is 0 Å². The predicted molar refractivity (Wildman–Crippen MR) is 57.1 cm³/mol. The number of hydrogen-bond donors (Lipinski definition) is 4. The first kappa shape index (κ1) is 17.0. The molecule has 0 aliphatic rings. The quantitative estimate of drug-likeness (QED) is 0.370. The van der Waals surface area contributed by atoms with Crippen LogP contribution in [0.5, 0.6) is 0 Å². The molecule has 0 aromatic rings. The Bertz CT molecular complexity index is 189. The zero-order chi connectivity index (χ0) is 12.8. The van der Waals surface area contributed by atoms with Crippen molar-refractivity contribution in [3.05, 3.63) is 12.2 Å². The Balaban J connectivity index is 0. The summed E-state index contributed by atoms with van der Waals surface area (Å²) in [7, 11) is 0. The van der Waals surface area contributed by atoms with E-state index in [0.717, 1.165) is 0 Å². The van der Waals surface area contributed by atoms with Crippen LogP contribution in [-0.2, 0) is 9.59 Å². The van der Waals surface area contributed by atoms with E-state index in [4.69, 9.17) is 20.4 Å². The summed E-state index contributed by atoms with van der Waals surface area (Å²) < 4.78 is 0. The minimum absolute atomic E-state index is 0.0144. The fraction of sp³-hybridized carbons (Fsp3) is 0.600. The second kappa shape index (κ2) is 13.6. The van der Waals surface area contributed by atoms with E-state index in [0.29, 0.717) is 12.8 Å². The standard InChI is InChI=1S/C6H10O4.C4H8O2/c7-5(8)3-1-2-4-6(9)10;5-3-1-2-4-6/h1-4H2,(H,7,8)(H,9,10);1-2,5-6H,3-4H2. The average Bonchev–Trinajstić information content (AvgIpc) is 2.22. The van der Waals surface area contributed by atoms with E-state index in [1.165, 1.54) is 12.2 Å². The number of hydrogen-bond acceptors (Lipinski definition) is 4. The van der Waals surface area contributed by atoms with Crippen molar-refractivity contribution in [2.24, 2.45) is 0 Å². The van der Waals surface area contributed by atoms with Crippen LogP contribution in [-0.4, -0.2) is 45.6 Å². The van der Waals surface area contributed by atoms with Gasteiger partial charge in [-0.2, -0.15) is 0 Å². The number of aliphatic hydroxyl groups excluding tert-OH is 2. The number of carboxylic acids is 2. The lowest BCUT2D eigenvalue weighted by atomic mass is 10.2. The summed E-state index contributed by atoms with van der Waals surface area (Å²) in [5.41, 5.74) is 0. The molecule has 0 aliphatic heterocycles. The average molecular weight is 234 g/mol. The molecule has 0 heterocycles. The molecule has 0 saturated carbocycles. The molecule has 4 N–H and O–H groups in total. The summed E-state index contributed by atoms with van der Waals surface area (Å²) in [5, 5.41) is 32.3. The van der Waals surface area contributed by atoms with Gasteiger partial charge in [0, 0.05) is 12.8 Å². The van der Waals surface area contributed by atoms with Gasteiger partial charge in [-0.25, -0.2) is 0 Å². The molecule has 0 spiro atoms. The van der Waals surface area contributed by atoms with Gasteiger partial charge in [-0.05, 0) is 12.8 Å². The number of rotatable bonds is 7. The molecule has 0 aliphatic carbocycles. The molecule has 94 valence electrons. The van der Waals surface area contributed by atoms with E-state index in [-0.39, 0.29) is 26.1 Å². The molecule has 6 nitrogen and oxygen atoms in total. The van der Waals surface area contributed by atoms with Crippen LogP contribution in [0.25, 0.3) is 0 Å². The number of carboxylic acid groups (broad SMARTS) is 2. The van der Waals surface area contributed by atoms with E-state index < -0.39 is 11.9 Å². The van der Waals surface area contributed by atoms with Crippen molar-refractivity contribution < 1.29 is 30.0 Å². The van der Waals surface area contributed by atoms with Crippen LogP contribution in [0.1, 0.15) is 25.7 Å². The second-order valence-corrected chi connectivity index (χ2v) is 2.83. The van der Waals surface area contributed by atoms with Gasteiger partial charge in [0.1, 0.15) is 0 Å². The van der Waals surface area contributed by atoms with Gasteiger partial charge in [-0.1, -0.05) is 12.2 Å². The fourth-order valence-corrected chi connectivity index (χ4v) is 0.702. The molecule has 0 saturated heterocycles. The van der Waals surface area contributed by atoms with Crippen LogP contribution in [0.4, 0.5) is 0 Å². The third-order valence-electron chi connectivity index (χ3n) is 1.41. The molecule has 0 rings (SSSR count). The van der Waals surface area contributed by atoms with Crippen LogP contribution in [0.2, 0.25) is 0 Å². The summed E-state index contributed by atoms with van der Waals surface area (Å²) in [6.45, 7) is 0.0289. The Morgan fingerprint density at radius 1 is 0.812 bits per heavy atom. The minimum atomic E-state index is -0.870. The summed E-state index contributed by atoms with van der Waals surface area (Å²) in [6.07, 6.45) is 3.99. The maximum atomic E-state index is 9.90. The maximum Gasteiger partial charge on any atom is 0.303 e. The van der Waals surface area contributed by atoms with E-state index in [2.05, 4.69) is 0 Å². The van der Waals surface area contributed by atoms with E-state index in [9.17, 15) is 9.59 Å². The van der Waals surface area contributed by atoms with E-state index in [1.54, 1.807) is 0 Å². The number of aliphatic carboxylic acids is 2. The molecule has 0 bridgehead atoms. The Morgan fingerprint density at radius 3 is 1.31 bits per heavy atom. The molecule has 0 aromatic heterocycles. The molecule has 0 fully saturated rings. The molecular formula is C10H18O6. The van der Waals surface area contributed by atoms with Gasteiger partial charge in [0.15, 0.2) is 0 Å². The highest BCUT2D eigenvalue weighted by Gasteiger charge is 1.99. The first-order chi connectivity index (χ1) is 7.54. The lowest BCUT2D eigenvalue weighted by Crippen LogP contribution is -1.97. The van der Waals surface area contributed by atoms with Gasteiger partial charge in [0.05, 0.1) is 13.2 Å². The number of aliphatic hydroxyl groups is 2. The van der Waals surface area contributed by atoms with Gasteiger partial charge in [-0.15, -0.1) is 0 Å². The normalized spacial score (nSPS) is 9.62. The molecule has 0 aromatic carbocycles. The summed E-state index contributed by atoms with van der Waals surface area (Å²) >= 11 is 0. The van der Waals surface area contributed by atoms with Gasteiger partial charge >= 0.3 is 11.9 Å². The van der Waals surface area contributed by atoms with Crippen LogP contribution in [0, 0.1) is 0 Å². The van der Waals surface area contributed by atoms with Crippen molar-refractivity contribution in [3.8, 4) is 0 Å². The van der Waals surface area contributed by atoms with Crippen LogP contribution >= 0.6 is 0 Å². The summed E-state index contributed by atoms with van der Waals surface area (Å²) in [5.74, 6) is -1.74. The van der Waals surface area contributed by atoms with Gasteiger partial charge in [-0.3, -0.25) is 9.59 Å². The second-order valence-electron chi connectivity index (χ2n) is 2.83. The predicted octanol–water partition coefficient (Wildman–Crippen LogP) is 0.243. The summed E-state index contributed by atoms with van der Waals surface area (Å²) in [6, 6.07) is 0. The van der Waals surface area contributed by atoms with E-state index >= 15 is 0 Å². The first-order valence-corrected chi connectivity index (χ1v) is 4.84. The molecular weight excluding hydrogens is 216 g/mol. The molecule has 0 radical (unpaired) electrons. The molecule has 0 amide bonds. The van der Waals surface area contributed by atoms with Crippen LogP contribution in [0.3, 0.4) is 0 Å². The van der Waals surface area contributed by atoms with Gasteiger partial charge < -0.3 is 20.4 Å². The lowest BCUT2D eigenvalue weighted by Gasteiger charge is -1.92. The minimum Gasteiger partial charge on any atom is -0.481 e. The monoisotopic (exact) mass is 234 g/mol. The highest BCUT2D eigenvalue weighted by Crippen LogP contribution is 1.98. The maximum absolute atomic E-state index is 9.90. The first-order valence-electron chi connectivity index (χ1n) is 4.84. The van der Waals surface area contributed by atoms with Crippen molar-refractivity contribution in [2.75, 3.05) is 13.2 Å².